The fourth-order valence-electron chi connectivity index (χ4n) is 0.919. The minimum absolute atomic E-state index is 0.104. The van der Waals surface area contributed by atoms with Crippen LogP contribution in [-0.2, 0) is 4.79 Å². The normalized spacial score (nSPS) is 9.77. The van der Waals surface area contributed by atoms with Gasteiger partial charge in [-0.15, -0.1) is 0 Å². The van der Waals surface area contributed by atoms with Crippen molar-refractivity contribution in [1.82, 2.24) is 0 Å². The van der Waals surface area contributed by atoms with Gasteiger partial charge in [0.2, 0.25) is 5.91 Å². The molecule has 13 heavy (non-hydrogen) atoms. The molecular weight excluding hydrogens is 253 g/mol. The quantitative estimate of drug-likeness (QED) is 0.816. The molecule has 0 aromatic heterocycles. The smallest absolute Gasteiger partial charge is 0.235 e. The molecule has 0 aliphatic carbocycles. The largest absolute Gasteiger partial charge is 0.324 e. The highest BCUT2D eigenvalue weighted by atomic mass is 79.9. The molecule has 2 nitrogen and oxygen atoms in total. The van der Waals surface area contributed by atoms with E-state index in [0.29, 0.717) is 10.7 Å². The van der Waals surface area contributed by atoms with Crippen LogP contribution in [0.3, 0.4) is 0 Å². The van der Waals surface area contributed by atoms with Gasteiger partial charge in [-0.05, 0) is 24.6 Å². The molecule has 4 heteroatoms. The summed E-state index contributed by atoms with van der Waals surface area (Å²) in [5.41, 5.74) is 1.72. The molecule has 1 amide bonds. The monoisotopic (exact) mass is 261 g/mol. The third-order valence-electron chi connectivity index (χ3n) is 1.52. The molecule has 0 unspecified atom stereocenters. The summed E-state index contributed by atoms with van der Waals surface area (Å²) in [5, 5.41) is 3.51. The first-order chi connectivity index (χ1) is 6.13. The van der Waals surface area contributed by atoms with Crippen LogP contribution in [0.4, 0.5) is 5.69 Å². The van der Waals surface area contributed by atoms with Crippen LogP contribution in [0.5, 0.6) is 0 Å². The number of aryl methyl sites for hydroxylation is 1. The summed E-state index contributed by atoms with van der Waals surface area (Å²) in [6.45, 7) is 1.94. The number of hydrogen-bond acceptors (Lipinski definition) is 1. The van der Waals surface area contributed by atoms with E-state index in [1.165, 1.54) is 0 Å². The van der Waals surface area contributed by atoms with Crippen molar-refractivity contribution in [2.45, 2.75) is 6.92 Å². The average molecular weight is 263 g/mol. The summed E-state index contributed by atoms with van der Waals surface area (Å²) >= 11 is 8.93. The van der Waals surface area contributed by atoms with Crippen LogP contribution in [0.25, 0.3) is 0 Å². The van der Waals surface area contributed by atoms with E-state index in [0.717, 1.165) is 5.56 Å². The van der Waals surface area contributed by atoms with Crippen molar-refractivity contribution >= 4 is 39.1 Å². The summed E-state index contributed by atoms with van der Waals surface area (Å²) < 4.78 is 0. The van der Waals surface area contributed by atoms with Crippen LogP contribution in [0.1, 0.15) is 5.56 Å². The number of alkyl halides is 1. The van der Waals surface area contributed by atoms with Crippen molar-refractivity contribution in [3.8, 4) is 0 Å². The Labute approximate surface area is 90.4 Å². The summed E-state index contributed by atoms with van der Waals surface area (Å²) in [6, 6.07) is 5.50. The number of carbonyl (C=O) groups is 1. The lowest BCUT2D eigenvalue weighted by atomic mass is 10.2. The average Bonchev–Trinajstić information content (AvgIpc) is 2.11. The third kappa shape index (κ3) is 3.01. The van der Waals surface area contributed by atoms with Crippen LogP contribution in [-0.4, -0.2) is 11.2 Å². The van der Waals surface area contributed by atoms with Gasteiger partial charge >= 0.3 is 0 Å². The third-order valence-corrected chi connectivity index (χ3v) is 2.36. The topological polar surface area (TPSA) is 29.1 Å². The molecule has 0 aliphatic heterocycles. The first kappa shape index (κ1) is 10.5. The summed E-state index contributed by atoms with van der Waals surface area (Å²) in [4.78, 5) is 11.0. The second-order valence-electron chi connectivity index (χ2n) is 2.67. The number of amides is 1. The molecular formula is C9H9BrClNO. The minimum atomic E-state index is -0.104. The Morgan fingerprint density at radius 1 is 1.62 bits per heavy atom. The Kier molecular flexibility index (Phi) is 3.75. The number of nitrogens with one attached hydrogen (secondary N) is 1. The second kappa shape index (κ2) is 4.63. The predicted molar refractivity (Wildman–Crippen MR) is 58.6 cm³/mol. The lowest BCUT2D eigenvalue weighted by molar-refractivity contribution is -0.113. The highest BCUT2D eigenvalue weighted by Crippen LogP contribution is 2.22. The molecule has 0 heterocycles. The van der Waals surface area contributed by atoms with E-state index in [9.17, 15) is 4.79 Å². The van der Waals surface area contributed by atoms with Crippen LogP contribution >= 0.6 is 27.5 Å². The maximum Gasteiger partial charge on any atom is 0.235 e. The number of halogens is 2. The van der Waals surface area contributed by atoms with Gasteiger partial charge in [0.15, 0.2) is 0 Å². The Bertz CT molecular complexity index is 327. The van der Waals surface area contributed by atoms with Crippen LogP contribution in [0.15, 0.2) is 18.2 Å². The van der Waals surface area contributed by atoms with Crippen molar-refractivity contribution in [3.05, 3.63) is 28.8 Å². The number of benzene rings is 1. The van der Waals surface area contributed by atoms with Crippen molar-refractivity contribution in [3.63, 3.8) is 0 Å². The zero-order chi connectivity index (χ0) is 9.84. The zero-order valence-corrected chi connectivity index (χ0v) is 9.45. The first-order valence-corrected chi connectivity index (χ1v) is 5.25. The van der Waals surface area contributed by atoms with Gasteiger partial charge in [0.1, 0.15) is 0 Å². The van der Waals surface area contributed by atoms with Crippen molar-refractivity contribution in [2.75, 3.05) is 10.6 Å². The maximum absolute atomic E-state index is 11.0. The number of carbonyl (C=O) groups excluding carboxylic acids is 1. The maximum atomic E-state index is 11.0. The Morgan fingerprint density at radius 3 is 2.92 bits per heavy atom. The lowest BCUT2D eigenvalue weighted by Crippen LogP contribution is -2.12. The van der Waals surface area contributed by atoms with E-state index in [1.807, 2.05) is 19.1 Å². The van der Waals surface area contributed by atoms with Crippen LogP contribution in [0, 0.1) is 6.92 Å². The first-order valence-electron chi connectivity index (χ1n) is 3.75. The van der Waals surface area contributed by atoms with Crippen LogP contribution < -0.4 is 5.32 Å². The van der Waals surface area contributed by atoms with Gasteiger partial charge < -0.3 is 5.32 Å². The number of hydrogen-bond donors (Lipinski definition) is 1. The van der Waals surface area contributed by atoms with Gasteiger partial charge in [-0.1, -0.05) is 33.6 Å². The molecule has 0 radical (unpaired) electrons. The van der Waals surface area contributed by atoms with Gasteiger partial charge in [0, 0.05) is 0 Å². The predicted octanol–water partition coefficient (Wildman–Crippen LogP) is 2.98. The molecule has 0 bridgehead atoms. The van der Waals surface area contributed by atoms with Crippen LogP contribution in [0.2, 0.25) is 5.02 Å². The molecule has 1 rings (SSSR count). The van der Waals surface area contributed by atoms with E-state index in [-0.39, 0.29) is 11.2 Å². The highest BCUT2D eigenvalue weighted by molar-refractivity contribution is 9.09. The minimum Gasteiger partial charge on any atom is -0.324 e. The lowest BCUT2D eigenvalue weighted by Gasteiger charge is -2.05. The van der Waals surface area contributed by atoms with Gasteiger partial charge in [0.25, 0.3) is 0 Å². The number of anilines is 1. The van der Waals surface area contributed by atoms with E-state index < -0.39 is 0 Å². The van der Waals surface area contributed by atoms with E-state index in [1.54, 1.807) is 6.07 Å². The van der Waals surface area contributed by atoms with Crippen molar-refractivity contribution in [2.24, 2.45) is 0 Å². The molecule has 0 atom stereocenters. The van der Waals surface area contributed by atoms with Gasteiger partial charge in [0.05, 0.1) is 16.0 Å². The van der Waals surface area contributed by atoms with Crippen molar-refractivity contribution < 1.29 is 4.79 Å². The van der Waals surface area contributed by atoms with Gasteiger partial charge in [-0.3, -0.25) is 4.79 Å². The molecule has 0 aliphatic rings. The molecule has 70 valence electrons. The Morgan fingerprint density at radius 2 is 2.31 bits per heavy atom. The second-order valence-corrected chi connectivity index (χ2v) is 3.63. The molecule has 0 fully saturated rings. The Balaban J connectivity index is 2.87. The fourth-order valence-corrected chi connectivity index (χ4v) is 1.22. The van der Waals surface area contributed by atoms with E-state index in [4.69, 9.17) is 11.6 Å². The van der Waals surface area contributed by atoms with Gasteiger partial charge in [-0.2, -0.15) is 0 Å². The summed E-state index contributed by atoms with van der Waals surface area (Å²) in [5.74, 6) is -0.104. The molecule has 0 spiro atoms. The number of rotatable bonds is 2. The Hall–Kier alpha value is -0.540. The molecule has 1 N–H and O–H groups in total. The zero-order valence-electron chi connectivity index (χ0n) is 7.10. The van der Waals surface area contributed by atoms with Gasteiger partial charge in [-0.25, -0.2) is 0 Å². The fraction of sp³-hybridized carbons (Fsp3) is 0.222. The molecule has 0 saturated carbocycles. The summed E-state index contributed by atoms with van der Waals surface area (Å²) in [7, 11) is 0. The van der Waals surface area contributed by atoms with E-state index in [2.05, 4.69) is 21.2 Å². The summed E-state index contributed by atoms with van der Waals surface area (Å²) in [6.07, 6.45) is 0. The molecule has 1 aromatic rings. The van der Waals surface area contributed by atoms with E-state index >= 15 is 0 Å². The standard InChI is InChI=1S/C9H9BrClNO/c1-6-2-3-7(11)8(4-6)12-9(13)5-10/h2-4H,5H2,1H3,(H,12,13). The SMILES string of the molecule is Cc1ccc(Cl)c(NC(=O)CBr)c1. The molecule has 1 aromatic carbocycles. The highest BCUT2D eigenvalue weighted by Gasteiger charge is 2.03. The molecule has 0 saturated heterocycles. The van der Waals surface area contributed by atoms with Crippen molar-refractivity contribution in [1.29, 1.82) is 0 Å².